The molecule has 0 aromatic heterocycles. The summed E-state index contributed by atoms with van der Waals surface area (Å²) in [7, 11) is 0. The van der Waals surface area contributed by atoms with Crippen molar-refractivity contribution in [3.05, 3.63) is 135 Å². The van der Waals surface area contributed by atoms with Crippen molar-refractivity contribution in [1.29, 1.82) is 0 Å². The molecule has 8 rings (SSSR count). The number of likely N-dealkylation sites (tertiary alicyclic amines) is 1. The molecule has 0 radical (unpaired) electrons. The topological polar surface area (TPSA) is 66.5 Å². The Bertz CT molecular complexity index is 1600. The molecule has 0 spiro atoms. The third-order valence-electron chi connectivity index (χ3n) is 8.62. The molecule has 4 aliphatic rings. The van der Waals surface area contributed by atoms with Gasteiger partial charge in [-0.3, -0.25) is 19.3 Å². The maximum atomic E-state index is 14.5. The molecule has 5 nitrogen and oxygen atoms in total. The van der Waals surface area contributed by atoms with Crippen LogP contribution in [0.2, 0.25) is 0 Å². The Hall–Kier alpha value is -3.20. The largest absolute Gasteiger partial charge is 0.324 e. The maximum Gasteiger partial charge on any atom is 0.248 e. The molecule has 0 saturated carbocycles. The summed E-state index contributed by atoms with van der Waals surface area (Å²) in [6.45, 7) is 0. The van der Waals surface area contributed by atoms with Crippen LogP contribution in [0.1, 0.15) is 27.8 Å². The quantitative estimate of drug-likeness (QED) is 0.149. The van der Waals surface area contributed by atoms with Gasteiger partial charge in [-0.15, -0.1) is 23.2 Å². The number of alkyl halides is 2. The number of amides is 3. The van der Waals surface area contributed by atoms with E-state index in [4.69, 9.17) is 23.2 Å². The van der Waals surface area contributed by atoms with Crippen LogP contribution in [0, 0.1) is 15.4 Å². The standard InChI is InChI=1S/C33H23Cl2IN2O3/c34-32-22-10-4-5-11-23(22)33(35,25-13-7-6-12-24(25)32)28-27(32)30(40)38(31(28)41)26(18-19-8-2-1-3-9-19)29(39)37-21-16-14-20(36)15-17-21/h1-17,26-28H,18H2,(H,37,39)/t26-,27-,28-,32?,33?/m0/s1. The number of halogens is 3. The Balaban J connectivity index is 1.36. The van der Waals surface area contributed by atoms with E-state index in [9.17, 15) is 14.4 Å². The predicted molar refractivity (Wildman–Crippen MR) is 167 cm³/mol. The van der Waals surface area contributed by atoms with Crippen LogP contribution in [-0.4, -0.2) is 28.7 Å². The Morgan fingerprint density at radius 3 is 1.63 bits per heavy atom. The minimum absolute atomic E-state index is 0.151. The molecule has 1 aliphatic heterocycles. The van der Waals surface area contributed by atoms with Crippen LogP contribution in [0.15, 0.2) is 103 Å². The minimum atomic E-state index is -1.31. The average molecular weight is 693 g/mol. The van der Waals surface area contributed by atoms with Gasteiger partial charge in [-0.1, -0.05) is 78.9 Å². The summed E-state index contributed by atoms with van der Waals surface area (Å²) in [5, 5.41) is 2.93. The van der Waals surface area contributed by atoms with Crippen molar-refractivity contribution in [2.75, 3.05) is 5.32 Å². The summed E-state index contributed by atoms with van der Waals surface area (Å²) < 4.78 is 1.02. The van der Waals surface area contributed by atoms with Crippen LogP contribution in [-0.2, 0) is 30.6 Å². The van der Waals surface area contributed by atoms with E-state index < -0.39 is 45.3 Å². The molecule has 1 heterocycles. The second kappa shape index (κ2) is 9.68. The van der Waals surface area contributed by atoms with E-state index >= 15 is 0 Å². The summed E-state index contributed by atoms with van der Waals surface area (Å²) >= 11 is 17.3. The third kappa shape index (κ3) is 3.76. The van der Waals surface area contributed by atoms with E-state index in [1.54, 1.807) is 12.1 Å². The van der Waals surface area contributed by atoms with Gasteiger partial charge in [-0.2, -0.15) is 0 Å². The first-order valence-corrected chi connectivity index (χ1v) is 15.1. The summed E-state index contributed by atoms with van der Waals surface area (Å²) in [5.41, 5.74) is 4.30. The molecule has 1 fully saturated rings. The minimum Gasteiger partial charge on any atom is -0.324 e. The zero-order valence-electron chi connectivity index (χ0n) is 21.6. The van der Waals surface area contributed by atoms with Crippen molar-refractivity contribution >= 4 is 69.2 Å². The summed E-state index contributed by atoms with van der Waals surface area (Å²) in [5.74, 6) is -3.36. The van der Waals surface area contributed by atoms with Gasteiger partial charge in [0.1, 0.15) is 15.8 Å². The average Bonchev–Trinajstić information content (AvgIpc) is 3.27. The number of anilines is 1. The fraction of sp³-hybridized carbons (Fsp3) is 0.182. The molecule has 8 heteroatoms. The van der Waals surface area contributed by atoms with Gasteiger partial charge in [0, 0.05) is 15.7 Å². The van der Waals surface area contributed by atoms with E-state index in [1.165, 1.54) is 0 Å². The molecular weight excluding hydrogens is 670 g/mol. The van der Waals surface area contributed by atoms with Crippen molar-refractivity contribution in [3.63, 3.8) is 0 Å². The Morgan fingerprint density at radius 2 is 1.17 bits per heavy atom. The first-order valence-electron chi connectivity index (χ1n) is 13.3. The van der Waals surface area contributed by atoms with Crippen molar-refractivity contribution < 1.29 is 14.4 Å². The highest BCUT2D eigenvalue weighted by molar-refractivity contribution is 14.1. The van der Waals surface area contributed by atoms with Gasteiger partial charge in [0.05, 0.1) is 11.8 Å². The highest BCUT2D eigenvalue weighted by Crippen LogP contribution is 2.69. The van der Waals surface area contributed by atoms with E-state index in [1.807, 2.05) is 91.0 Å². The molecule has 1 N–H and O–H groups in total. The lowest BCUT2D eigenvalue weighted by Gasteiger charge is -2.54. The zero-order chi connectivity index (χ0) is 28.5. The number of nitrogens with zero attached hydrogens (tertiary/aromatic N) is 1. The third-order valence-corrected chi connectivity index (χ3v) is 10.6. The van der Waals surface area contributed by atoms with Crippen molar-refractivity contribution in [2.45, 2.75) is 22.2 Å². The smallest absolute Gasteiger partial charge is 0.248 e. The van der Waals surface area contributed by atoms with E-state index in [2.05, 4.69) is 27.9 Å². The zero-order valence-corrected chi connectivity index (χ0v) is 25.2. The normalized spacial score (nSPS) is 26.3. The van der Waals surface area contributed by atoms with Gasteiger partial charge in [0.15, 0.2) is 0 Å². The monoisotopic (exact) mass is 692 g/mol. The number of benzene rings is 4. The number of hydrogen-bond donors (Lipinski definition) is 1. The molecule has 4 aromatic rings. The van der Waals surface area contributed by atoms with Gasteiger partial charge in [-0.05, 0) is 74.7 Å². The second-order valence-electron chi connectivity index (χ2n) is 10.7. The van der Waals surface area contributed by atoms with Crippen LogP contribution in [0.5, 0.6) is 0 Å². The highest BCUT2D eigenvalue weighted by Gasteiger charge is 2.73. The van der Waals surface area contributed by atoms with Crippen LogP contribution in [0.4, 0.5) is 5.69 Å². The highest BCUT2D eigenvalue weighted by atomic mass is 127. The molecule has 1 saturated heterocycles. The molecule has 3 atom stereocenters. The Kier molecular flexibility index (Phi) is 6.30. The lowest BCUT2D eigenvalue weighted by molar-refractivity contribution is -0.146. The molecule has 3 amide bonds. The number of carbonyl (C=O) groups excluding carboxylic acids is 3. The lowest BCUT2D eigenvalue weighted by Crippen LogP contribution is -2.57. The number of rotatable bonds is 5. The van der Waals surface area contributed by atoms with Crippen molar-refractivity contribution in [3.8, 4) is 0 Å². The van der Waals surface area contributed by atoms with Crippen LogP contribution in [0.3, 0.4) is 0 Å². The predicted octanol–water partition coefficient (Wildman–Crippen LogP) is 6.43. The molecule has 0 unspecified atom stereocenters. The SMILES string of the molecule is O=C(Nc1ccc(I)cc1)[C@H](Cc1ccccc1)N1C(=O)[C@@H]2[C@@H](C1=O)C1(Cl)c3ccccc3C2(Cl)c2ccccc21. The number of imide groups is 1. The summed E-state index contributed by atoms with van der Waals surface area (Å²) in [6.07, 6.45) is 0.151. The fourth-order valence-corrected chi connectivity index (χ4v) is 8.35. The van der Waals surface area contributed by atoms with E-state index in [0.29, 0.717) is 5.69 Å². The van der Waals surface area contributed by atoms with Crippen LogP contribution < -0.4 is 5.32 Å². The number of nitrogens with one attached hydrogen (secondary N) is 1. The summed E-state index contributed by atoms with van der Waals surface area (Å²) in [4.78, 5) is 41.5. The molecule has 3 aliphatic carbocycles. The lowest BCUT2D eigenvalue weighted by atomic mass is 9.54. The van der Waals surface area contributed by atoms with Crippen LogP contribution >= 0.6 is 45.8 Å². The van der Waals surface area contributed by atoms with Gasteiger partial charge in [-0.25, -0.2) is 0 Å². The second-order valence-corrected chi connectivity index (χ2v) is 13.2. The van der Waals surface area contributed by atoms with Gasteiger partial charge in [0.2, 0.25) is 17.7 Å². The number of carbonyl (C=O) groups is 3. The van der Waals surface area contributed by atoms with Crippen molar-refractivity contribution in [1.82, 2.24) is 4.90 Å². The number of hydrogen-bond acceptors (Lipinski definition) is 3. The van der Waals surface area contributed by atoms with Crippen molar-refractivity contribution in [2.24, 2.45) is 11.8 Å². The summed E-state index contributed by atoms with van der Waals surface area (Å²) in [6, 6.07) is 30.6. The van der Waals surface area contributed by atoms with Gasteiger partial charge < -0.3 is 5.32 Å². The fourth-order valence-electron chi connectivity index (χ4n) is 6.89. The maximum absolute atomic E-state index is 14.5. The van der Waals surface area contributed by atoms with Crippen LogP contribution in [0.25, 0.3) is 0 Å². The first kappa shape index (κ1) is 26.7. The first-order chi connectivity index (χ1) is 19.8. The van der Waals surface area contributed by atoms with Gasteiger partial charge >= 0.3 is 0 Å². The molecule has 2 bridgehead atoms. The molecule has 204 valence electrons. The van der Waals surface area contributed by atoms with E-state index in [-0.39, 0.29) is 6.42 Å². The Morgan fingerprint density at radius 1 is 0.732 bits per heavy atom. The molecule has 4 aromatic carbocycles. The Labute approximate surface area is 261 Å². The molecule has 41 heavy (non-hydrogen) atoms. The molecular formula is C33H23Cl2IN2O3. The van der Waals surface area contributed by atoms with E-state index in [0.717, 1.165) is 36.3 Å². The van der Waals surface area contributed by atoms with Gasteiger partial charge in [0.25, 0.3) is 0 Å².